The zero-order chi connectivity index (χ0) is 9.82. The normalized spacial score (nSPS) is 8.33. The Bertz CT molecular complexity index is 97.4. The first-order valence-corrected chi connectivity index (χ1v) is 3.62. The van der Waals surface area contributed by atoms with Crippen LogP contribution in [0, 0.1) is 0 Å². The summed E-state index contributed by atoms with van der Waals surface area (Å²) in [5.74, 6) is -0.337. The number of amides is 1. The van der Waals surface area contributed by atoms with Crippen LogP contribution in [0.5, 0.6) is 0 Å². The van der Waals surface area contributed by atoms with Crippen molar-refractivity contribution in [3.8, 4) is 0 Å². The summed E-state index contributed by atoms with van der Waals surface area (Å²) in [4.78, 5) is 10.4. The predicted molar refractivity (Wildman–Crippen MR) is 44.7 cm³/mol. The van der Waals surface area contributed by atoms with Crippen LogP contribution < -0.4 is 5.32 Å². The highest BCUT2D eigenvalue weighted by Crippen LogP contribution is 1.76. The molecule has 0 aromatic rings. The van der Waals surface area contributed by atoms with Gasteiger partial charge in [0, 0.05) is 27.4 Å². The van der Waals surface area contributed by atoms with Crippen LogP contribution in [0.1, 0.15) is 6.42 Å². The van der Waals surface area contributed by atoms with E-state index in [-0.39, 0.29) is 5.91 Å². The van der Waals surface area contributed by atoms with Crippen molar-refractivity contribution in [2.75, 3.05) is 34.0 Å². The zero-order valence-electron chi connectivity index (χ0n) is 7.54. The molecular formula is C7H17NO4. The molecule has 74 valence electrons. The summed E-state index contributed by atoms with van der Waals surface area (Å²) in [7, 11) is 2.61. The average Bonchev–Trinajstić information content (AvgIpc) is 2.15. The van der Waals surface area contributed by atoms with Crippen LogP contribution in [0.2, 0.25) is 0 Å². The Hall–Kier alpha value is -0.650. The fourth-order valence-electron chi connectivity index (χ4n) is 0.500. The molecule has 0 radical (unpaired) electrons. The Balaban J connectivity index is 0. The van der Waals surface area contributed by atoms with E-state index in [1.807, 2.05) is 0 Å². The molecule has 0 atom stereocenters. The van der Waals surface area contributed by atoms with Gasteiger partial charge >= 0.3 is 0 Å². The van der Waals surface area contributed by atoms with Gasteiger partial charge in [0.2, 0.25) is 5.91 Å². The number of ether oxygens (including phenoxy) is 1. The van der Waals surface area contributed by atoms with Crippen LogP contribution in [0.25, 0.3) is 0 Å². The SMILES string of the molecule is CO.COCCCNC(=O)CO. The van der Waals surface area contributed by atoms with Crippen molar-refractivity contribution >= 4 is 5.91 Å². The van der Waals surface area contributed by atoms with Crippen molar-refractivity contribution in [2.45, 2.75) is 6.42 Å². The molecular weight excluding hydrogens is 162 g/mol. The summed E-state index contributed by atoms with van der Waals surface area (Å²) < 4.78 is 4.74. The molecule has 0 bridgehead atoms. The van der Waals surface area contributed by atoms with Gasteiger partial charge in [0.25, 0.3) is 0 Å². The molecule has 0 aliphatic rings. The van der Waals surface area contributed by atoms with E-state index in [1.165, 1.54) is 0 Å². The number of aliphatic hydroxyl groups is 2. The lowest BCUT2D eigenvalue weighted by Gasteiger charge is -2.00. The Kier molecular flexibility index (Phi) is 15.0. The molecule has 0 unspecified atom stereocenters. The van der Waals surface area contributed by atoms with Crippen LogP contribution in [0.4, 0.5) is 0 Å². The Labute approximate surface area is 72.3 Å². The van der Waals surface area contributed by atoms with Gasteiger partial charge in [-0.3, -0.25) is 4.79 Å². The van der Waals surface area contributed by atoms with Gasteiger partial charge < -0.3 is 20.3 Å². The van der Waals surface area contributed by atoms with Crippen molar-refractivity contribution < 1.29 is 19.7 Å². The second-order valence-electron chi connectivity index (χ2n) is 1.85. The minimum Gasteiger partial charge on any atom is -0.400 e. The highest BCUT2D eigenvalue weighted by Gasteiger charge is 1.94. The molecule has 3 N–H and O–H groups in total. The van der Waals surface area contributed by atoms with E-state index < -0.39 is 6.61 Å². The summed E-state index contributed by atoms with van der Waals surface area (Å²) in [5.41, 5.74) is 0. The van der Waals surface area contributed by atoms with Gasteiger partial charge in [-0.25, -0.2) is 0 Å². The molecule has 0 aliphatic heterocycles. The van der Waals surface area contributed by atoms with Crippen LogP contribution in [-0.2, 0) is 9.53 Å². The summed E-state index contributed by atoms with van der Waals surface area (Å²) in [6.07, 6.45) is 0.780. The second-order valence-corrected chi connectivity index (χ2v) is 1.85. The van der Waals surface area contributed by atoms with E-state index in [1.54, 1.807) is 7.11 Å². The van der Waals surface area contributed by atoms with Crippen LogP contribution in [-0.4, -0.2) is 50.1 Å². The first kappa shape index (κ1) is 13.9. The molecule has 0 saturated heterocycles. The second kappa shape index (κ2) is 13.0. The molecule has 0 aromatic heterocycles. The Morgan fingerprint density at radius 2 is 2.08 bits per heavy atom. The van der Waals surface area contributed by atoms with Crippen LogP contribution >= 0.6 is 0 Å². The molecule has 0 spiro atoms. The molecule has 0 aliphatic carbocycles. The van der Waals surface area contributed by atoms with E-state index in [0.29, 0.717) is 13.2 Å². The van der Waals surface area contributed by atoms with Crippen molar-refractivity contribution in [1.29, 1.82) is 0 Å². The summed E-state index contributed by atoms with van der Waals surface area (Å²) >= 11 is 0. The first-order chi connectivity index (χ1) is 5.81. The fraction of sp³-hybridized carbons (Fsp3) is 0.857. The van der Waals surface area contributed by atoms with Crippen LogP contribution in [0.15, 0.2) is 0 Å². The maximum atomic E-state index is 10.4. The van der Waals surface area contributed by atoms with E-state index >= 15 is 0 Å². The topological polar surface area (TPSA) is 78.8 Å². The van der Waals surface area contributed by atoms with Crippen LogP contribution in [0.3, 0.4) is 0 Å². The average molecular weight is 179 g/mol. The van der Waals surface area contributed by atoms with Gasteiger partial charge in [-0.2, -0.15) is 0 Å². The fourth-order valence-corrected chi connectivity index (χ4v) is 0.500. The van der Waals surface area contributed by atoms with Crippen molar-refractivity contribution in [1.82, 2.24) is 5.32 Å². The largest absolute Gasteiger partial charge is 0.400 e. The summed E-state index contributed by atoms with van der Waals surface area (Å²) in [5, 5.41) is 17.7. The highest BCUT2D eigenvalue weighted by molar-refractivity contribution is 5.76. The van der Waals surface area contributed by atoms with E-state index in [2.05, 4.69) is 5.32 Å². The maximum Gasteiger partial charge on any atom is 0.245 e. The molecule has 1 amide bonds. The van der Waals surface area contributed by atoms with E-state index in [0.717, 1.165) is 13.5 Å². The number of carbonyl (C=O) groups is 1. The third-order valence-electron chi connectivity index (χ3n) is 0.991. The highest BCUT2D eigenvalue weighted by atomic mass is 16.5. The molecule has 5 nitrogen and oxygen atoms in total. The monoisotopic (exact) mass is 179 g/mol. The number of hydrogen-bond donors (Lipinski definition) is 3. The lowest BCUT2D eigenvalue weighted by atomic mass is 10.4. The van der Waals surface area contributed by atoms with Gasteiger partial charge in [0.05, 0.1) is 0 Å². The third kappa shape index (κ3) is 12.1. The molecule has 5 heteroatoms. The smallest absolute Gasteiger partial charge is 0.245 e. The van der Waals surface area contributed by atoms with Crippen molar-refractivity contribution in [2.24, 2.45) is 0 Å². The number of methoxy groups -OCH3 is 1. The summed E-state index contributed by atoms with van der Waals surface area (Å²) in [6.45, 7) is 0.756. The minimum atomic E-state index is -0.438. The van der Waals surface area contributed by atoms with Gasteiger partial charge in [-0.1, -0.05) is 0 Å². The number of nitrogens with one attached hydrogen (secondary N) is 1. The third-order valence-corrected chi connectivity index (χ3v) is 0.991. The zero-order valence-corrected chi connectivity index (χ0v) is 7.54. The van der Waals surface area contributed by atoms with Gasteiger partial charge in [0.15, 0.2) is 0 Å². The van der Waals surface area contributed by atoms with Gasteiger partial charge in [-0.05, 0) is 6.42 Å². The standard InChI is InChI=1S/C6H13NO3.CH4O/c1-10-4-2-3-7-6(9)5-8;1-2/h8H,2-5H2,1H3,(H,7,9);2H,1H3. The lowest BCUT2D eigenvalue weighted by molar-refractivity contribution is -0.123. The number of aliphatic hydroxyl groups excluding tert-OH is 2. The number of hydrogen-bond acceptors (Lipinski definition) is 4. The summed E-state index contributed by atoms with van der Waals surface area (Å²) in [6, 6.07) is 0. The molecule has 0 aromatic carbocycles. The first-order valence-electron chi connectivity index (χ1n) is 3.62. The lowest BCUT2D eigenvalue weighted by Crippen LogP contribution is -2.27. The Morgan fingerprint density at radius 1 is 1.50 bits per heavy atom. The Morgan fingerprint density at radius 3 is 2.50 bits per heavy atom. The minimum absolute atomic E-state index is 0.337. The molecule has 0 rings (SSSR count). The predicted octanol–water partition coefficient (Wildman–Crippen LogP) is -1.26. The number of carbonyl (C=O) groups excluding carboxylic acids is 1. The van der Waals surface area contributed by atoms with Crippen molar-refractivity contribution in [3.05, 3.63) is 0 Å². The molecule has 0 heterocycles. The molecule has 0 fully saturated rings. The number of rotatable bonds is 5. The molecule has 12 heavy (non-hydrogen) atoms. The maximum absolute atomic E-state index is 10.4. The van der Waals surface area contributed by atoms with E-state index in [4.69, 9.17) is 14.9 Å². The molecule has 0 saturated carbocycles. The van der Waals surface area contributed by atoms with Crippen molar-refractivity contribution in [3.63, 3.8) is 0 Å². The van der Waals surface area contributed by atoms with E-state index in [9.17, 15) is 4.79 Å². The van der Waals surface area contributed by atoms with Gasteiger partial charge in [-0.15, -0.1) is 0 Å². The quantitative estimate of drug-likeness (QED) is 0.460. The van der Waals surface area contributed by atoms with Gasteiger partial charge in [0.1, 0.15) is 6.61 Å².